The molecule has 0 radical (unpaired) electrons. The Kier molecular flexibility index (Phi) is 3.30. The highest BCUT2D eigenvalue weighted by molar-refractivity contribution is 7.14. The molecule has 1 amide bonds. The Bertz CT molecular complexity index is 539. The Hall–Kier alpha value is -2.33. The van der Waals surface area contributed by atoms with Crippen LogP contribution >= 0.6 is 11.3 Å². The maximum Gasteiger partial charge on any atom is 0.358 e. The minimum Gasteiger partial charge on any atom is -0.370 e. The third kappa shape index (κ3) is 2.06. The summed E-state index contributed by atoms with van der Waals surface area (Å²) >= 11 is 1.23. The molecule has 1 aliphatic rings. The van der Waals surface area contributed by atoms with Crippen LogP contribution in [-0.2, 0) is 14.4 Å². The summed E-state index contributed by atoms with van der Waals surface area (Å²) in [4.78, 5) is 31.2. The van der Waals surface area contributed by atoms with Crippen LogP contribution in [-0.4, -0.2) is 22.9 Å². The van der Waals surface area contributed by atoms with Crippen molar-refractivity contribution < 1.29 is 14.4 Å². The van der Waals surface area contributed by atoms with Crippen molar-refractivity contribution in [3.63, 3.8) is 0 Å². The monoisotopic (exact) mass is 268 g/mol. The summed E-state index contributed by atoms with van der Waals surface area (Å²) in [6.07, 6.45) is 1.32. The van der Waals surface area contributed by atoms with Crippen LogP contribution in [0.1, 0.15) is 5.69 Å². The van der Waals surface area contributed by atoms with Crippen LogP contribution in [0, 0.1) is 5.53 Å². The molecule has 5 N–H and O–H groups in total. The van der Waals surface area contributed by atoms with Crippen molar-refractivity contribution in [1.29, 1.82) is 5.53 Å². The zero-order valence-electron chi connectivity index (χ0n) is 8.84. The number of fused-ring (bicyclic) bond motifs is 1. The van der Waals surface area contributed by atoms with Gasteiger partial charge in [0.25, 0.3) is 5.91 Å². The van der Waals surface area contributed by atoms with Gasteiger partial charge < -0.3 is 10.2 Å². The number of carbonyl (C=O) groups excluding carboxylic acids is 2. The van der Waals surface area contributed by atoms with Crippen LogP contribution in [0.3, 0.4) is 0 Å². The number of hydrogen-bond donors (Lipinski definition) is 4. The van der Waals surface area contributed by atoms with Crippen molar-refractivity contribution in [2.45, 2.75) is 6.04 Å². The number of thiazole rings is 1. The van der Waals surface area contributed by atoms with Crippen molar-refractivity contribution in [3.05, 3.63) is 17.3 Å². The molecule has 1 aliphatic heterocycles. The van der Waals surface area contributed by atoms with Gasteiger partial charge in [-0.05, 0) is 6.08 Å². The van der Waals surface area contributed by atoms with Crippen molar-refractivity contribution >= 4 is 33.8 Å². The van der Waals surface area contributed by atoms with Crippen LogP contribution in [0.25, 0.3) is 5.57 Å². The van der Waals surface area contributed by atoms with E-state index in [4.69, 9.17) is 11.4 Å². The third-order valence-electron chi connectivity index (χ3n) is 2.22. The fraction of sp³-hybridized carbons (Fsp3) is 0.125. The van der Waals surface area contributed by atoms with Crippen LogP contribution in [0.4, 0.5) is 5.00 Å². The lowest BCUT2D eigenvalue weighted by Gasteiger charge is -2.19. The SMILES string of the molecule is N=NNC(=O)C1C=C(C(=O)ON)c2ncsc2N1. The smallest absolute Gasteiger partial charge is 0.358 e. The number of hydrogen-bond acceptors (Lipinski definition) is 9. The molecule has 0 fully saturated rings. The number of nitrogens with zero attached hydrogens (tertiary/aromatic N) is 2. The Morgan fingerprint density at radius 1 is 1.67 bits per heavy atom. The van der Waals surface area contributed by atoms with Gasteiger partial charge in [0.2, 0.25) is 0 Å². The lowest BCUT2D eigenvalue weighted by Crippen LogP contribution is -2.38. The first-order valence-corrected chi connectivity index (χ1v) is 5.55. The molecule has 1 unspecified atom stereocenters. The zero-order chi connectivity index (χ0) is 13.1. The lowest BCUT2D eigenvalue weighted by atomic mass is 10.1. The van der Waals surface area contributed by atoms with Gasteiger partial charge in [-0.3, -0.25) is 4.79 Å². The highest BCUT2D eigenvalue weighted by atomic mass is 32.1. The van der Waals surface area contributed by atoms with Gasteiger partial charge in [0.1, 0.15) is 16.7 Å². The summed E-state index contributed by atoms with van der Waals surface area (Å²) in [5, 5.41) is 6.16. The molecule has 94 valence electrons. The first kappa shape index (κ1) is 12.1. The summed E-state index contributed by atoms with van der Waals surface area (Å²) in [5.41, 5.74) is 10.5. The maximum absolute atomic E-state index is 11.6. The number of amides is 1. The Morgan fingerprint density at radius 2 is 2.44 bits per heavy atom. The Balaban J connectivity index is 2.36. The van der Waals surface area contributed by atoms with E-state index in [1.165, 1.54) is 22.9 Å². The first-order valence-electron chi connectivity index (χ1n) is 4.67. The second kappa shape index (κ2) is 4.89. The third-order valence-corrected chi connectivity index (χ3v) is 2.98. The average Bonchev–Trinajstić information content (AvgIpc) is 2.85. The van der Waals surface area contributed by atoms with Crippen LogP contribution in [0.5, 0.6) is 0 Å². The summed E-state index contributed by atoms with van der Waals surface area (Å²) in [6, 6.07) is -0.846. The molecule has 0 bridgehead atoms. The van der Waals surface area contributed by atoms with Gasteiger partial charge in [0.05, 0.1) is 11.1 Å². The van der Waals surface area contributed by atoms with Gasteiger partial charge in [-0.25, -0.2) is 15.2 Å². The highest BCUT2D eigenvalue weighted by Crippen LogP contribution is 2.32. The standard InChI is InChI=1S/C8H8N6O3S/c9-14-13-6(15)4-1-3(8(16)17-10)5-7(12-4)18-2-11-5/h1-2,4,12H,10H2,(H2,9,13,15). The molecular formula is C8H8N6O3S. The summed E-state index contributed by atoms with van der Waals surface area (Å²) in [7, 11) is 0. The Morgan fingerprint density at radius 3 is 3.11 bits per heavy atom. The van der Waals surface area contributed by atoms with E-state index in [9.17, 15) is 9.59 Å². The molecule has 0 aromatic carbocycles. The number of anilines is 1. The molecule has 9 nitrogen and oxygen atoms in total. The molecule has 10 heteroatoms. The minimum absolute atomic E-state index is 0.0950. The average molecular weight is 268 g/mol. The summed E-state index contributed by atoms with van der Waals surface area (Å²) in [6.45, 7) is 0. The summed E-state index contributed by atoms with van der Waals surface area (Å²) in [5.74, 6) is 3.46. The van der Waals surface area contributed by atoms with E-state index >= 15 is 0 Å². The number of aromatic nitrogens is 1. The Labute approximate surface area is 104 Å². The zero-order valence-corrected chi connectivity index (χ0v) is 9.65. The van der Waals surface area contributed by atoms with E-state index in [0.717, 1.165) is 0 Å². The van der Waals surface area contributed by atoms with Gasteiger partial charge in [-0.15, -0.1) is 11.3 Å². The molecule has 1 atom stereocenters. The van der Waals surface area contributed by atoms with Gasteiger partial charge >= 0.3 is 5.97 Å². The molecule has 0 saturated carbocycles. The van der Waals surface area contributed by atoms with E-state index < -0.39 is 17.9 Å². The van der Waals surface area contributed by atoms with Gasteiger partial charge in [-0.2, -0.15) is 11.4 Å². The first-order chi connectivity index (χ1) is 8.67. The van der Waals surface area contributed by atoms with Crippen molar-refractivity contribution in [2.24, 2.45) is 11.1 Å². The molecule has 1 aromatic heterocycles. The van der Waals surface area contributed by atoms with E-state index in [0.29, 0.717) is 10.7 Å². The van der Waals surface area contributed by atoms with E-state index in [1.54, 1.807) is 0 Å². The summed E-state index contributed by atoms with van der Waals surface area (Å²) < 4.78 is 0. The van der Waals surface area contributed by atoms with E-state index in [-0.39, 0.29) is 5.57 Å². The van der Waals surface area contributed by atoms with Gasteiger partial charge in [0.15, 0.2) is 0 Å². The topological polar surface area (TPSA) is 143 Å². The number of nitrogens with one attached hydrogen (secondary N) is 3. The molecule has 1 aromatic rings. The predicted octanol–water partition coefficient (Wildman–Crippen LogP) is -0.200. The fourth-order valence-corrected chi connectivity index (χ4v) is 2.20. The number of rotatable bonds is 3. The maximum atomic E-state index is 11.6. The van der Waals surface area contributed by atoms with E-state index in [2.05, 4.69) is 20.4 Å². The highest BCUT2D eigenvalue weighted by Gasteiger charge is 2.30. The molecule has 0 spiro atoms. The fourth-order valence-electron chi connectivity index (χ4n) is 1.46. The number of nitrogens with two attached hydrogens (primary N) is 1. The minimum atomic E-state index is -0.846. The van der Waals surface area contributed by atoms with Gasteiger partial charge in [0, 0.05) is 0 Å². The molecule has 2 rings (SSSR count). The largest absolute Gasteiger partial charge is 0.370 e. The quantitative estimate of drug-likeness (QED) is 0.441. The van der Waals surface area contributed by atoms with Crippen molar-refractivity contribution in [2.75, 3.05) is 5.32 Å². The van der Waals surface area contributed by atoms with Crippen molar-refractivity contribution in [1.82, 2.24) is 10.4 Å². The van der Waals surface area contributed by atoms with Gasteiger partial charge in [-0.1, -0.05) is 5.22 Å². The molecule has 18 heavy (non-hydrogen) atoms. The molecular weight excluding hydrogens is 260 g/mol. The lowest BCUT2D eigenvalue weighted by molar-refractivity contribution is -0.137. The van der Waals surface area contributed by atoms with Crippen LogP contribution in [0.2, 0.25) is 0 Å². The van der Waals surface area contributed by atoms with E-state index in [1.807, 2.05) is 5.43 Å². The molecule has 0 saturated heterocycles. The predicted molar refractivity (Wildman–Crippen MR) is 61.1 cm³/mol. The second-order valence-corrected chi connectivity index (χ2v) is 4.08. The second-order valence-electron chi connectivity index (χ2n) is 3.23. The normalized spacial score (nSPS) is 16.9. The van der Waals surface area contributed by atoms with Crippen molar-refractivity contribution in [3.8, 4) is 0 Å². The van der Waals surface area contributed by atoms with Crippen LogP contribution in [0.15, 0.2) is 16.8 Å². The number of carbonyl (C=O) groups is 2. The molecule has 0 aliphatic carbocycles. The van der Waals surface area contributed by atoms with Crippen LogP contribution < -0.4 is 16.6 Å². The molecule has 2 heterocycles.